The number of carbonyl (C=O) groups is 2. The molecule has 0 spiro atoms. The number of ether oxygens (including phenoxy) is 1. The summed E-state index contributed by atoms with van der Waals surface area (Å²) in [5.41, 5.74) is 0.903. The molecule has 0 aromatic heterocycles. The minimum absolute atomic E-state index is 0.00962. The van der Waals surface area contributed by atoms with Crippen molar-refractivity contribution in [2.24, 2.45) is 0 Å². The summed E-state index contributed by atoms with van der Waals surface area (Å²) in [5.74, 6) is -0.111. The van der Waals surface area contributed by atoms with Crippen molar-refractivity contribution in [2.75, 3.05) is 33.3 Å². The maximum atomic E-state index is 14.4. The van der Waals surface area contributed by atoms with Crippen LogP contribution in [0, 0.1) is 0 Å². The second kappa shape index (κ2) is 10.9. The molecule has 214 valence electrons. The number of hydrogen-bond donors (Lipinski definition) is 0. The van der Waals surface area contributed by atoms with E-state index in [1.165, 1.54) is 23.5 Å². The number of halogens is 2. The summed E-state index contributed by atoms with van der Waals surface area (Å²) < 4.78 is 36.6. The Balaban J connectivity index is 1.46. The summed E-state index contributed by atoms with van der Waals surface area (Å²) in [4.78, 5) is 33.6. The van der Waals surface area contributed by atoms with E-state index in [1.54, 1.807) is 15.9 Å². The molecule has 4 fully saturated rings. The molecular formula is C28H32BrClN4O5S. The van der Waals surface area contributed by atoms with Gasteiger partial charge in [-0.15, -0.1) is 0 Å². The van der Waals surface area contributed by atoms with E-state index in [0.717, 1.165) is 35.7 Å². The van der Waals surface area contributed by atoms with Gasteiger partial charge < -0.3 is 14.5 Å². The zero-order chi connectivity index (χ0) is 28.2. The first-order chi connectivity index (χ1) is 19.2. The molecular weight excluding hydrogens is 620 g/mol. The van der Waals surface area contributed by atoms with Gasteiger partial charge in [-0.2, -0.15) is 4.31 Å². The summed E-state index contributed by atoms with van der Waals surface area (Å²) in [6.07, 6.45) is 3.11. The number of hydrogen-bond acceptors (Lipinski definition) is 6. The number of piperazine rings is 1. The molecule has 1 aliphatic carbocycles. The van der Waals surface area contributed by atoms with Gasteiger partial charge in [-0.25, -0.2) is 8.42 Å². The standard InChI is InChI=1S/C28H32BrClN4O5S/c1-39-24-11-8-20(30)15-25(24)40(37,38)33-16-23(31-12-2-3-13-31)28(36)34-22(14-18-4-6-19(29)7-5-18)27(35)32(17-26(33)34)21-9-10-21/h4-8,11,15,21-23,26H,2-3,9-10,12-14,16-17H2,1H3. The van der Waals surface area contributed by atoms with Gasteiger partial charge in [0.25, 0.3) is 0 Å². The van der Waals surface area contributed by atoms with Crippen LogP contribution in [0.25, 0.3) is 0 Å². The zero-order valence-electron chi connectivity index (χ0n) is 22.2. The molecule has 4 aliphatic rings. The molecule has 2 amide bonds. The highest BCUT2D eigenvalue weighted by atomic mass is 79.9. The van der Waals surface area contributed by atoms with Crippen LogP contribution in [0.5, 0.6) is 5.75 Å². The van der Waals surface area contributed by atoms with E-state index in [4.69, 9.17) is 16.3 Å². The number of likely N-dealkylation sites (tertiary alicyclic amines) is 1. The first-order valence-electron chi connectivity index (χ1n) is 13.7. The number of sulfonamides is 1. The Hall–Kier alpha value is -2.18. The van der Waals surface area contributed by atoms with Crippen LogP contribution < -0.4 is 4.74 Å². The Labute approximate surface area is 248 Å². The normalized spacial score (nSPS) is 26.3. The third kappa shape index (κ3) is 5.04. The lowest BCUT2D eigenvalue weighted by Crippen LogP contribution is -2.76. The number of benzene rings is 2. The minimum Gasteiger partial charge on any atom is -0.495 e. The van der Waals surface area contributed by atoms with Gasteiger partial charge in [-0.05, 0) is 74.7 Å². The van der Waals surface area contributed by atoms with E-state index in [0.29, 0.717) is 19.5 Å². The number of methoxy groups -OCH3 is 1. The first-order valence-corrected chi connectivity index (χ1v) is 16.3. The molecule has 40 heavy (non-hydrogen) atoms. The van der Waals surface area contributed by atoms with Crippen molar-refractivity contribution in [1.82, 2.24) is 19.0 Å². The second-order valence-corrected chi connectivity index (χ2v) is 14.1. The molecule has 3 saturated heterocycles. The highest BCUT2D eigenvalue weighted by Gasteiger charge is 2.56. The SMILES string of the molecule is COc1ccc(Cl)cc1S(=O)(=O)N1CC(N2CCCC2)C(=O)N2C(Cc3ccc(Br)cc3)C(=O)N(C3CC3)CC21. The predicted molar refractivity (Wildman–Crippen MR) is 153 cm³/mol. The molecule has 3 atom stereocenters. The lowest BCUT2D eigenvalue weighted by atomic mass is 9.96. The van der Waals surface area contributed by atoms with Crippen LogP contribution in [0.4, 0.5) is 0 Å². The Morgan fingerprint density at radius 2 is 1.70 bits per heavy atom. The minimum atomic E-state index is -4.17. The summed E-state index contributed by atoms with van der Waals surface area (Å²) in [5, 5.41) is 0.270. The summed E-state index contributed by atoms with van der Waals surface area (Å²) in [7, 11) is -2.75. The monoisotopic (exact) mass is 650 g/mol. The van der Waals surface area contributed by atoms with Crippen LogP contribution >= 0.6 is 27.5 Å². The number of rotatable bonds is 7. The molecule has 0 bridgehead atoms. The van der Waals surface area contributed by atoms with E-state index < -0.39 is 28.3 Å². The third-order valence-electron chi connectivity index (χ3n) is 8.43. The van der Waals surface area contributed by atoms with Crippen molar-refractivity contribution in [2.45, 2.75) is 61.3 Å². The van der Waals surface area contributed by atoms with E-state index in [9.17, 15) is 18.0 Å². The van der Waals surface area contributed by atoms with Crippen molar-refractivity contribution in [1.29, 1.82) is 0 Å². The summed E-state index contributed by atoms with van der Waals surface area (Å²) >= 11 is 9.72. The zero-order valence-corrected chi connectivity index (χ0v) is 25.4. The highest BCUT2D eigenvalue weighted by Crippen LogP contribution is 2.39. The van der Waals surface area contributed by atoms with Crippen molar-refractivity contribution in [3.8, 4) is 5.75 Å². The van der Waals surface area contributed by atoms with Crippen molar-refractivity contribution in [3.63, 3.8) is 0 Å². The van der Waals surface area contributed by atoms with E-state index in [1.807, 2.05) is 24.3 Å². The largest absolute Gasteiger partial charge is 0.495 e. The Morgan fingerprint density at radius 1 is 1.00 bits per heavy atom. The molecule has 1 saturated carbocycles. The number of nitrogens with zero attached hydrogens (tertiary/aromatic N) is 4. The molecule has 6 rings (SSSR count). The topological polar surface area (TPSA) is 90.5 Å². The molecule has 3 heterocycles. The quantitative estimate of drug-likeness (QED) is 0.457. The van der Waals surface area contributed by atoms with Gasteiger partial charge in [0.15, 0.2) is 0 Å². The molecule has 2 aromatic carbocycles. The van der Waals surface area contributed by atoms with Crippen LogP contribution in [-0.2, 0) is 26.0 Å². The van der Waals surface area contributed by atoms with Crippen LogP contribution in [0.2, 0.25) is 5.02 Å². The van der Waals surface area contributed by atoms with Crippen LogP contribution in [0.15, 0.2) is 51.8 Å². The number of fused-ring (bicyclic) bond motifs is 1. The summed E-state index contributed by atoms with van der Waals surface area (Å²) in [6.45, 7) is 1.57. The van der Waals surface area contributed by atoms with Crippen LogP contribution in [0.3, 0.4) is 0 Å². The Kier molecular flexibility index (Phi) is 7.62. The first kappa shape index (κ1) is 28.0. The fourth-order valence-electron chi connectivity index (χ4n) is 6.25. The van der Waals surface area contributed by atoms with Crippen molar-refractivity contribution < 1.29 is 22.7 Å². The van der Waals surface area contributed by atoms with Crippen LogP contribution in [0.1, 0.15) is 31.2 Å². The lowest BCUT2D eigenvalue weighted by Gasteiger charge is -2.54. The number of amides is 2. The van der Waals surface area contributed by atoms with Crippen molar-refractivity contribution in [3.05, 3.63) is 57.5 Å². The molecule has 0 radical (unpaired) electrons. The Morgan fingerprint density at radius 3 is 2.35 bits per heavy atom. The Bertz CT molecular complexity index is 1410. The fraction of sp³-hybridized carbons (Fsp3) is 0.500. The molecule has 2 aromatic rings. The maximum Gasteiger partial charge on any atom is 0.248 e. The maximum absolute atomic E-state index is 14.4. The highest BCUT2D eigenvalue weighted by molar-refractivity contribution is 9.10. The van der Waals surface area contributed by atoms with E-state index in [2.05, 4.69) is 20.8 Å². The van der Waals surface area contributed by atoms with E-state index >= 15 is 0 Å². The van der Waals surface area contributed by atoms with Gasteiger partial charge in [0.1, 0.15) is 28.9 Å². The van der Waals surface area contributed by atoms with Crippen LogP contribution in [-0.4, -0.2) is 96.8 Å². The van der Waals surface area contributed by atoms with Gasteiger partial charge in [-0.1, -0.05) is 39.7 Å². The molecule has 0 N–H and O–H groups in total. The van der Waals surface area contributed by atoms with Gasteiger partial charge in [0.2, 0.25) is 21.8 Å². The van der Waals surface area contributed by atoms with Gasteiger partial charge >= 0.3 is 0 Å². The average Bonchev–Trinajstić information content (AvgIpc) is 3.64. The molecule has 3 aliphatic heterocycles. The molecule has 3 unspecified atom stereocenters. The van der Waals surface area contributed by atoms with Gasteiger partial charge in [-0.3, -0.25) is 14.5 Å². The van der Waals surface area contributed by atoms with Gasteiger partial charge in [0, 0.05) is 28.5 Å². The summed E-state index contributed by atoms with van der Waals surface area (Å²) in [6, 6.07) is 10.8. The molecule has 12 heteroatoms. The third-order valence-corrected chi connectivity index (χ3v) is 11.1. The smallest absolute Gasteiger partial charge is 0.248 e. The number of carbonyl (C=O) groups excluding carboxylic acids is 2. The van der Waals surface area contributed by atoms with Crippen molar-refractivity contribution >= 4 is 49.4 Å². The predicted octanol–water partition coefficient (Wildman–Crippen LogP) is 3.35. The van der Waals surface area contributed by atoms with E-state index in [-0.39, 0.29) is 46.6 Å². The van der Waals surface area contributed by atoms with Gasteiger partial charge in [0.05, 0.1) is 13.7 Å². The fourth-order valence-corrected chi connectivity index (χ4v) is 8.51. The average molecular weight is 652 g/mol. The lowest BCUT2D eigenvalue weighted by molar-refractivity contribution is -0.170. The molecule has 9 nitrogen and oxygen atoms in total. The second-order valence-electron chi connectivity index (χ2n) is 10.9.